The number of allylic oxidation sites excluding steroid dienone is 2. The normalized spacial score (nSPS) is 16.1. The van der Waals surface area contributed by atoms with Gasteiger partial charge in [0.1, 0.15) is 11.2 Å². The average Bonchev–Trinajstić information content (AvgIpc) is 3.86. The Morgan fingerprint density at radius 3 is 1.67 bits per heavy atom. The van der Waals surface area contributed by atoms with Crippen molar-refractivity contribution in [1.82, 2.24) is 4.57 Å². The maximum absolute atomic E-state index is 6.84. The molecule has 0 saturated carbocycles. The van der Waals surface area contributed by atoms with E-state index >= 15 is 0 Å². The number of rotatable bonds is 2. The molecular weight excluding hydrogens is 777 g/mol. The van der Waals surface area contributed by atoms with Gasteiger partial charge in [-0.2, -0.15) is 0 Å². The summed E-state index contributed by atoms with van der Waals surface area (Å²) in [6.45, 7) is 30.0. The van der Waals surface area contributed by atoms with Gasteiger partial charge in [0, 0.05) is 44.2 Å². The van der Waals surface area contributed by atoms with Gasteiger partial charge in [-0.15, -0.1) is 0 Å². The zero-order valence-corrected chi connectivity index (χ0v) is 40.1. The molecule has 1 atom stereocenters. The summed E-state index contributed by atoms with van der Waals surface area (Å²) in [5.74, 6) is 0. The van der Waals surface area contributed by atoms with Crippen molar-refractivity contribution < 1.29 is 4.42 Å². The molecule has 1 unspecified atom stereocenters. The summed E-state index contributed by atoms with van der Waals surface area (Å²) in [4.78, 5) is 2.59. The lowest BCUT2D eigenvalue weighted by molar-refractivity contribution is 0.511. The molecule has 0 bridgehead atoms. The largest absolute Gasteiger partial charge is 0.456 e. The van der Waals surface area contributed by atoms with E-state index in [2.05, 4.69) is 221 Å². The Morgan fingerprint density at radius 2 is 1.05 bits per heavy atom. The molecule has 0 N–H and O–H groups in total. The quantitative estimate of drug-likeness (QED) is 0.173. The smallest absolute Gasteiger partial charge is 0.136 e. The van der Waals surface area contributed by atoms with Crippen LogP contribution in [0.5, 0.6) is 0 Å². The summed E-state index contributed by atoms with van der Waals surface area (Å²) in [5, 5.41) is 9.77. The lowest BCUT2D eigenvalue weighted by atomic mass is 9.79. The van der Waals surface area contributed by atoms with Gasteiger partial charge in [0.2, 0.25) is 0 Å². The average molecular weight is 839 g/mol. The van der Waals surface area contributed by atoms with E-state index in [1.807, 2.05) is 0 Å². The van der Waals surface area contributed by atoms with Crippen LogP contribution in [0, 0.1) is 12.3 Å². The van der Waals surface area contributed by atoms with Gasteiger partial charge in [0.25, 0.3) is 0 Å². The van der Waals surface area contributed by atoms with Crippen molar-refractivity contribution in [2.24, 2.45) is 5.41 Å². The Morgan fingerprint density at radius 1 is 0.484 bits per heavy atom. The van der Waals surface area contributed by atoms with Crippen molar-refractivity contribution in [1.29, 1.82) is 0 Å². The van der Waals surface area contributed by atoms with Crippen molar-refractivity contribution in [3.8, 4) is 5.69 Å². The third kappa shape index (κ3) is 6.28. The topological polar surface area (TPSA) is 21.3 Å². The summed E-state index contributed by atoms with van der Waals surface area (Å²) >= 11 is 0. The Hall–Kier alpha value is -6.06. The Labute approximate surface area is 379 Å². The molecule has 3 nitrogen and oxygen atoms in total. The first-order chi connectivity index (χ1) is 30.1. The summed E-state index contributed by atoms with van der Waals surface area (Å²) in [5.41, 5.74) is 17.9. The number of nitrogens with zero attached hydrogens (tertiary/aromatic N) is 2. The lowest BCUT2D eigenvalue weighted by Gasteiger charge is -2.32. The van der Waals surface area contributed by atoms with Gasteiger partial charge in [0.05, 0.1) is 17.1 Å². The molecule has 1 aliphatic carbocycles. The Kier molecular flexibility index (Phi) is 8.58. The molecule has 3 heteroatoms. The molecule has 11 rings (SSSR count). The molecule has 0 fully saturated rings. The molecule has 9 aromatic rings. The van der Waals surface area contributed by atoms with E-state index in [0.29, 0.717) is 0 Å². The molecule has 2 aliphatic rings. The van der Waals surface area contributed by atoms with E-state index in [4.69, 9.17) is 4.42 Å². The molecule has 0 radical (unpaired) electrons. The van der Waals surface area contributed by atoms with E-state index in [1.54, 1.807) is 0 Å². The third-order valence-electron chi connectivity index (χ3n) is 14.7. The number of hydrogen-bond donors (Lipinski definition) is 0. The van der Waals surface area contributed by atoms with Gasteiger partial charge in [-0.05, 0) is 169 Å². The van der Waals surface area contributed by atoms with Crippen molar-refractivity contribution in [2.45, 2.75) is 119 Å². The van der Waals surface area contributed by atoms with Crippen molar-refractivity contribution in [2.75, 3.05) is 4.90 Å². The molecule has 7 aromatic carbocycles. The summed E-state index contributed by atoms with van der Waals surface area (Å²) < 4.78 is 9.33. The predicted octanol–water partition coefficient (Wildman–Crippen LogP) is 17.5. The molecule has 2 aromatic heterocycles. The second kappa shape index (κ2) is 13.5. The SMILES string of the molecule is Cc1c(-n2c3ccc(C(C)(C)C)cc3c3cc(C(C)(C)C)ccc32)ccc2cc3c(cc12)oc1cc2cc(N4c5ccc(C(C)(C)C)cc5C5=CC(C(C)(C)C)=CCC54)ccc2cc13. The van der Waals surface area contributed by atoms with Gasteiger partial charge in [-0.3, -0.25) is 0 Å². The van der Waals surface area contributed by atoms with Crippen LogP contribution in [-0.4, -0.2) is 10.6 Å². The molecule has 0 spiro atoms. The first-order valence-electron chi connectivity index (χ1n) is 23.4. The monoisotopic (exact) mass is 838 g/mol. The Balaban J connectivity index is 1.03. The van der Waals surface area contributed by atoms with Crippen molar-refractivity contribution in [3.63, 3.8) is 0 Å². The van der Waals surface area contributed by atoms with Crippen molar-refractivity contribution in [3.05, 3.63) is 155 Å². The highest BCUT2D eigenvalue weighted by Crippen LogP contribution is 2.51. The van der Waals surface area contributed by atoms with Gasteiger partial charge in [-0.1, -0.05) is 126 Å². The molecular formula is C61H62N2O. The Bertz CT molecular complexity index is 3450. The zero-order chi connectivity index (χ0) is 45.0. The maximum Gasteiger partial charge on any atom is 0.136 e. The number of hydrogen-bond acceptors (Lipinski definition) is 2. The van der Waals surface area contributed by atoms with Crippen LogP contribution in [0.1, 0.15) is 117 Å². The van der Waals surface area contributed by atoms with Gasteiger partial charge in [-0.25, -0.2) is 0 Å². The number of benzene rings is 7. The highest BCUT2D eigenvalue weighted by molar-refractivity contribution is 6.15. The minimum Gasteiger partial charge on any atom is -0.456 e. The predicted molar refractivity (Wildman–Crippen MR) is 276 cm³/mol. The molecule has 64 heavy (non-hydrogen) atoms. The second-order valence-electron chi connectivity index (χ2n) is 23.2. The standard InChI is InChI=1S/C61H62N2O/c1-35-44-34-57-50(28-37(44)15-21-51(35)63-54-24-18-41(60(8,9)10)32-47(54)48-33-42(61(11,12)13)19-25-55(48)63)49-27-36-14-20-43(26-38(36)29-56(49)64-57)62-52-22-16-39(58(2,3)4)30-45(52)46-31-40(59(5,6)7)17-23-53(46)62/h14-22,24-34,53H,23H2,1-13H3. The first-order valence-corrected chi connectivity index (χ1v) is 23.4. The van der Waals surface area contributed by atoms with E-state index in [1.165, 1.54) is 99.4 Å². The highest BCUT2D eigenvalue weighted by Gasteiger charge is 2.38. The second-order valence-corrected chi connectivity index (χ2v) is 23.2. The van der Waals surface area contributed by atoms with Crippen LogP contribution in [0.3, 0.4) is 0 Å². The molecule has 0 amide bonds. The third-order valence-corrected chi connectivity index (χ3v) is 14.7. The zero-order valence-electron chi connectivity index (χ0n) is 40.1. The van der Waals surface area contributed by atoms with Crippen LogP contribution < -0.4 is 4.90 Å². The maximum atomic E-state index is 6.84. The minimum atomic E-state index is 0.0528. The van der Waals surface area contributed by atoms with E-state index in [9.17, 15) is 0 Å². The fourth-order valence-electron chi connectivity index (χ4n) is 10.7. The summed E-state index contributed by atoms with van der Waals surface area (Å²) in [6.07, 6.45) is 5.95. The van der Waals surface area contributed by atoms with E-state index < -0.39 is 0 Å². The number of aromatic nitrogens is 1. The fraction of sp³-hybridized carbons (Fsp3) is 0.311. The van der Waals surface area contributed by atoms with Crippen molar-refractivity contribution >= 4 is 82.2 Å². The van der Waals surface area contributed by atoms with E-state index in [0.717, 1.165) is 28.4 Å². The fourth-order valence-corrected chi connectivity index (χ4v) is 10.7. The van der Waals surface area contributed by atoms with Gasteiger partial charge >= 0.3 is 0 Å². The van der Waals surface area contributed by atoms with Crippen LogP contribution in [0.25, 0.3) is 76.5 Å². The lowest BCUT2D eigenvalue weighted by Crippen LogP contribution is -2.28. The highest BCUT2D eigenvalue weighted by atomic mass is 16.3. The molecule has 3 heterocycles. The van der Waals surface area contributed by atoms with Gasteiger partial charge < -0.3 is 13.9 Å². The molecule has 1 aliphatic heterocycles. The van der Waals surface area contributed by atoms with Crippen LogP contribution in [0.4, 0.5) is 11.4 Å². The number of fused-ring (bicyclic) bond motifs is 11. The first kappa shape index (κ1) is 40.7. The van der Waals surface area contributed by atoms with Crippen LogP contribution in [0.15, 0.2) is 131 Å². The molecule has 322 valence electrons. The number of furan rings is 1. The molecule has 0 saturated heterocycles. The minimum absolute atomic E-state index is 0.0528. The number of aryl methyl sites for hydroxylation is 1. The van der Waals surface area contributed by atoms with E-state index in [-0.39, 0.29) is 27.7 Å². The number of anilines is 2. The van der Waals surface area contributed by atoms with Crippen LogP contribution >= 0.6 is 0 Å². The summed E-state index contributed by atoms with van der Waals surface area (Å²) in [7, 11) is 0. The van der Waals surface area contributed by atoms with Crippen LogP contribution in [0.2, 0.25) is 0 Å². The van der Waals surface area contributed by atoms with Gasteiger partial charge in [0.15, 0.2) is 0 Å². The van der Waals surface area contributed by atoms with Crippen LogP contribution in [-0.2, 0) is 16.2 Å². The summed E-state index contributed by atoms with van der Waals surface area (Å²) in [6, 6.07) is 42.5.